The highest BCUT2D eigenvalue weighted by Crippen LogP contribution is 2.42. The van der Waals surface area contributed by atoms with Crippen molar-refractivity contribution < 1.29 is 19.4 Å². The Morgan fingerprint density at radius 2 is 1.73 bits per heavy atom. The molecule has 0 aliphatic heterocycles. The van der Waals surface area contributed by atoms with Gasteiger partial charge < -0.3 is 19.1 Å². The first-order chi connectivity index (χ1) is 14.4. The molecule has 0 aliphatic rings. The van der Waals surface area contributed by atoms with Crippen molar-refractivity contribution in [3.05, 3.63) is 52.8 Å². The maximum atomic E-state index is 13.0. The Kier molecular flexibility index (Phi) is 9.53. The lowest BCUT2D eigenvalue weighted by Gasteiger charge is -2.39. The quantitative estimate of drug-likeness (QED) is 0.382. The number of aliphatic hydroxyl groups excluding tert-OH is 1. The van der Waals surface area contributed by atoms with E-state index in [0.29, 0.717) is 28.6 Å². The molecule has 166 valence electrons. The number of methoxy groups -OCH3 is 1. The van der Waals surface area contributed by atoms with E-state index in [0.717, 1.165) is 25.7 Å². The van der Waals surface area contributed by atoms with Gasteiger partial charge in [-0.05, 0) is 43.2 Å². The van der Waals surface area contributed by atoms with E-state index >= 15 is 0 Å². The number of hydrogen-bond acceptors (Lipinski definition) is 4. The number of halogens is 2. The van der Waals surface area contributed by atoms with Gasteiger partial charge in [-0.3, -0.25) is 4.79 Å². The molecule has 2 aromatic rings. The fraction of sp³-hybridized carbons (Fsp3) is 0.522. The van der Waals surface area contributed by atoms with Crippen molar-refractivity contribution in [3.8, 4) is 5.75 Å². The van der Waals surface area contributed by atoms with E-state index in [1.54, 1.807) is 35.2 Å². The Morgan fingerprint density at radius 1 is 1.13 bits per heavy atom. The normalized spacial score (nSPS) is 13.7. The molecule has 0 saturated carbocycles. The van der Waals surface area contributed by atoms with E-state index in [-0.39, 0.29) is 0 Å². The van der Waals surface area contributed by atoms with Crippen LogP contribution in [0.1, 0.15) is 58.6 Å². The predicted molar refractivity (Wildman–Crippen MR) is 120 cm³/mol. The van der Waals surface area contributed by atoms with Gasteiger partial charge in [0.05, 0.1) is 17.5 Å². The van der Waals surface area contributed by atoms with E-state index in [1.807, 2.05) is 12.1 Å². The minimum absolute atomic E-state index is 0.331. The summed E-state index contributed by atoms with van der Waals surface area (Å²) in [4.78, 5) is 13.0. The van der Waals surface area contributed by atoms with E-state index in [1.165, 1.54) is 7.11 Å². The number of carbonyl (C=O) groups excluding carboxylic acids is 1. The highest BCUT2D eigenvalue weighted by atomic mass is 35.5. The van der Waals surface area contributed by atoms with Crippen LogP contribution in [0.15, 0.2) is 42.7 Å². The monoisotopic (exact) mass is 455 g/mol. The third-order valence-corrected chi connectivity index (χ3v) is 5.97. The molecule has 0 bridgehead atoms. The summed E-state index contributed by atoms with van der Waals surface area (Å²) in [6, 6.07) is 8.59. The molecule has 2 atom stereocenters. The fourth-order valence-corrected chi connectivity index (χ4v) is 4.17. The summed E-state index contributed by atoms with van der Waals surface area (Å²) in [7, 11) is 1.36. The van der Waals surface area contributed by atoms with Crippen LogP contribution in [0.5, 0.6) is 5.75 Å². The lowest BCUT2D eigenvalue weighted by atomic mass is 9.72. The molecule has 0 spiro atoms. The Balaban J connectivity index is 2.50. The average Bonchev–Trinajstić information content (AvgIpc) is 3.27. The summed E-state index contributed by atoms with van der Waals surface area (Å²) in [6.45, 7) is 4.11. The zero-order valence-corrected chi connectivity index (χ0v) is 19.3. The zero-order valence-electron chi connectivity index (χ0n) is 17.8. The summed E-state index contributed by atoms with van der Waals surface area (Å²) < 4.78 is 13.1. The first-order valence-corrected chi connectivity index (χ1v) is 11.2. The van der Waals surface area contributed by atoms with Crippen LogP contribution in [-0.4, -0.2) is 28.9 Å². The molecule has 2 rings (SSSR count). The molecule has 0 fully saturated rings. The third kappa shape index (κ3) is 5.71. The van der Waals surface area contributed by atoms with Crippen LogP contribution in [0, 0.1) is 5.41 Å². The van der Waals surface area contributed by atoms with Crippen molar-refractivity contribution in [2.45, 2.75) is 64.7 Å². The molecule has 1 heterocycles. The van der Waals surface area contributed by atoms with Gasteiger partial charge in [-0.1, -0.05) is 62.7 Å². The second-order valence-corrected chi connectivity index (χ2v) is 8.36. The second kappa shape index (κ2) is 11.6. The molecule has 0 amide bonds. The number of aromatic nitrogens is 1. The topological polar surface area (TPSA) is 60.7 Å². The average molecular weight is 456 g/mol. The summed E-state index contributed by atoms with van der Waals surface area (Å²) >= 11 is 12.3. The molecule has 7 heteroatoms. The number of nitrogens with zero attached hydrogens (tertiary/aromatic N) is 1. The maximum absolute atomic E-state index is 13.0. The fourth-order valence-electron chi connectivity index (χ4n) is 3.71. The molecular formula is C23H31Cl2NO4. The summed E-state index contributed by atoms with van der Waals surface area (Å²) in [5.41, 5.74) is -1.09. The van der Waals surface area contributed by atoms with Crippen molar-refractivity contribution in [3.63, 3.8) is 0 Å². The van der Waals surface area contributed by atoms with E-state index in [4.69, 9.17) is 32.7 Å². The van der Waals surface area contributed by atoms with Crippen LogP contribution in [0.25, 0.3) is 0 Å². The predicted octanol–water partition coefficient (Wildman–Crippen LogP) is 6.27. The van der Waals surface area contributed by atoms with Gasteiger partial charge in [0.15, 0.2) is 0 Å². The van der Waals surface area contributed by atoms with Crippen molar-refractivity contribution in [2.24, 2.45) is 5.41 Å². The van der Waals surface area contributed by atoms with Gasteiger partial charge >= 0.3 is 5.97 Å². The van der Waals surface area contributed by atoms with Crippen LogP contribution in [-0.2, 0) is 9.53 Å². The number of unbranched alkanes of at least 4 members (excludes halogenated alkanes) is 2. The largest absolute Gasteiger partial charge is 0.469 e. The van der Waals surface area contributed by atoms with E-state index in [2.05, 4.69) is 13.8 Å². The minimum atomic E-state index is -1.15. The highest BCUT2D eigenvalue weighted by Gasteiger charge is 2.49. The van der Waals surface area contributed by atoms with Gasteiger partial charge in [0.25, 0.3) is 0 Å². The van der Waals surface area contributed by atoms with Crippen LogP contribution in [0.4, 0.5) is 0 Å². The molecular weight excluding hydrogens is 425 g/mol. The van der Waals surface area contributed by atoms with Crippen molar-refractivity contribution in [1.29, 1.82) is 0 Å². The number of aliphatic hydroxyl groups is 1. The van der Waals surface area contributed by atoms with Crippen molar-refractivity contribution in [1.82, 2.24) is 4.57 Å². The zero-order chi connectivity index (χ0) is 22.1. The molecule has 0 aliphatic carbocycles. The third-order valence-electron chi connectivity index (χ3n) is 5.44. The van der Waals surface area contributed by atoms with Gasteiger partial charge in [0.2, 0.25) is 6.23 Å². The van der Waals surface area contributed by atoms with Crippen LogP contribution < -0.4 is 4.74 Å². The first-order valence-electron chi connectivity index (χ1n) is 10.4. The van der Waals surface area contributed by atoms with Crippen molar-refractivity contribution >= 4 is 29.2 Å². The number of ether oxygens (including phenoxy) is 2. The van der Waals surface area contributed by atoms with E-state index < -0.39 is 23.7 Å². The smallest absolute Gasteiger partial charge is 0.314 e. The Hall–Kier alpha value is -1.69. The van der Waals surface area contributed by atoms with Gasteiger partial charge in [-0.15, -0.1) is 0 Å². The van der Waals surface area contributed by atoms with Gasteiger partial charge in [0, 0.05) is 17.4 Å². The number of carbonyl (C=O) groups is 1. The molecule has 1 N–H and O–H groups in total. The number of esters is 1. The molecule has 30 heavy (non-hydrogen) atoms. The summed E-state index contributed by atoms with van der Waals surface area (Å²) in [6.07, 6.45) is 5.95. The minimum Gasteiger partial charge on any atom is -0.469 e. The molecule has 0 radical (unpaired) electrons. The lowest BCUT2D eigenvalue weighted by Crippen LogP contribution is -2.49. The number of hydrogen-bond donors (Lipinski definition) is 1. The van der Waals surface area contributed by atoms with Crippen LogP contribution >= 0.6 is 23.2 Å². The first kappa shape index (κ1) is 24.6. The molecule has 2 unspecified atom stereocenters. The van der Waals surface area contributed by atoms with Crippen LogP contribution in [0.3, 0.4) is 0 Å². The second-order valence-electron chi connectivity index (χ2n) is 7.51. The summed E-state index contributed by atoms with van der Waals surface area (Å²) in [5.74, 6) is -0.0385. The SMILES string of the molecule is CCCCC(CCCC)(C(=O)OC)C(O)C(Oc1ccc(Cl)cc1Cl)n1cccc1. The number of benzene rings is 1. The van der Waals surface area contributed by atoms with Gasteiger partial charge in [-0.2, -0.15) is 0 Å². The Bertz CT molecular complexity index is 787. The van der Waals surface area contributed by atoms with E-state index in [9.17, 15) is 9.90 Å². The Labute approximate surface area is 188 Å². The summed E-state index contributed by atoms with van der Waals surface area (Å²) in [5, 5.41) is 12.5. The maximum Gasteiger partial charge on any atom is 0.314 e. The van der Waals surface area contributed by atoms with Crippen molar-refractivity contribution in [2.75, 3.05) is 7.11 Å². The highest BCUT2D eigenvalue weighted by molar-refractivity contribution is 6.35. The van der Waals surface area contributed by atoms with Crippen LogP contribution in [0.2, 0.25) is 10.0 Å². The lowest BCUT2D eigenvalue weighted by molar-refractivity contribution is -0.172. The van der Waals surface area contributed by atoms with Gasteiger partial charge in [-0.25, -0.2) is 0 Å². The molecule has 1 aromatic carbocycles. The molecule has 0 saturated heterocycles. The van der Waals surface area contributed by atoms with Gasteiger partial charge in [0.1, 0.15) is 11.9 Å². The molecule has 1 aromatic heterocycles. The Morgan fingerprint density at radius 3 is 2.23 bits per heavy atom. The molecule has 5 nitrogen and oxygen atoms in total. The standard InChI is InChI=1S/C23H31Cl2NO4/c1-4-6-12-23(13-7-5-2,22(28)29-3)20(27)21(26-14-8-9-15-26)30-19-11-10-17(24)16-18(19)25/h8-11,14-16,20-21,27H,4-7,12-13H2,1-3H3. The number of rotatable bonds is 12.